The van der Waals surface area contributed by atoms with Gasteiger partial charge in [0.25, 0.3) is 0 Å². The van der Waals surface area contributed by atoms with Crippen LogP contribution in [0.4, 0.5) is 4.79 Å². The Morgan fingerprint density at radius 1 is 1.44 bits per heavy atom. The van der Waals surface area contributed by atoms with E-state index in [9.17, 15) is 9.59 Å². The van der Waals surface area contributed by atoms with E-state index in [1.165, 1.54) is 4.90 Å². The van der Waals surface area contributed by atoms with Crippen LogP contribution in [0, 0.1) is 0 Å². The first-order valence-corrected chi connectivity index (χ1v) is 6.27. The zero-order valence-corrected chi connectivity index (χ0v) is 11.2. The molecule has 0 spiro atoms. The molecule has 0 atom stereocenters. The second-order valence-electron chi connectivity index (χ2n) is 4.99. The van der Waals surface area contributed by atoms with Crippen LogP contribution >= 0.6 is 0 Å². The molecule has 0 aromatic rings. The van der Waals surface area contributed by atoms with E-state index in [-0.39, 0.29) is 37.2 Å². The number of hydrogen-bond acceptors (Lipinski definition) is 3. The first kappa shape index (κ1) is 14.8. The standard InChI is InChI=1S/C12H22N2O4/c1-8(2)18-10-6-9(7-10)13-12(17)14(3)5-4-11(15)16/h8-10H,4-7H2,1-3H3,(H,13,17)(H,15,16). The molecule has 18 heavy (non-hydrogen) atoms. The summed E-state index contributed by atoms with van der Waals surface area (Å²) in [6.45, 7) is 4.21. The van der Waals surface area contributed by atoms with Crippen molar-refractivity contribution in [1.82, 2.24) is 10.2 Å². The number of rotatable bonds is 6. The van der Waals surface area contributed by atoms with Gasteiger partial charge in [0.15, 0.2) is 0 Å². The number of nitrogens with one attached hydrogen (secondary N) is 1. The van der Waals surface area contributed by atoms with E-state index in [1.807, 2.05) is 13.8 Å². The molecule has 0 heterocycles. The summed E-state index contributed by atoms with van der Waals surface area (Å²) in [6.07, 6.45) is 2.07. The summed E-state index contributed by atoms with van der Waals surface area (Å²) in [4.78, 5) is 23.4. The summed E-state index contributed by atoms with van der Waals surface area (Å²) in [5.74, 6) is -0.899. The molecule has 1 aliphatic carbocycles. The number of carbonyl (C=O) groups excluding carboxylic acids is 1. The molecule has 0 unspecified atom stereocenters. The van der Waals surface area contributed by atoms with Gasteiger partial charge < -0.3 is 20.1 Å². The summed E-state index contributed by atoms with van der Waals surface area (Å²) in [6, 6.07) is -0.0715. The molecule has 1 rings (SSSR count). The minimum atomic E-state index is -0.899. The normalized spacial score (nSPS) is 22.4. The molecule has 0 radical (unpaired) electrons. The van der Waals surface area contributed by atoms with E-state index >= 15 is 0 Å². The molecular weight excluding hydrogens is 236 g/mol. The second-order valence-corrected chi connectivity index (χ2v) is 4.99. The van der Waals surface area contributed by atoms with Gasteiger partial charge in [-0.25, -0.2) is 4.79 Å². The Labute approximate surface area is 107 Å². The Kier molecular flexibility index (Phi) is 5.40. The summed E-state index contributed by atoms with van der Waals surface area (Å²) in [5.41, 5.74) is 0. The summed E-state index contributed by atoms with van der Waals surface area (Å²) < 4.78 is 5.59. The van der Waals surface area contributed by atoms with E-state index in [0.717, 1.165) is 12.8 Å². The van der Waals surface area contributed by atoms with Crippen LogP contribution in [0.25, 0.3) is 0 Å². The van der Waals surface area contributed by atoms with Crippen LogP contribution in [0.1, 0.15) is 33.1 Å². The van der Waals surface area contributed by atoms with E-state index in [0.29, 0.717) is 0 Å². The van der Waals surface area contributed by atoms with E-state index in [4.69, 9.17) is 9.84 Å². The lowest BCUT2D eigenvalue weighted by Gasteiger charge is -2.37. The first-order chi connectivity index (χ1) is 8.38. The molecule has 0 aliphatic heterocycles. The Hall–Kier alpha value is -1.30. The molecule has 6 heteroatoms. The van der Waals surface area contributed by atoms with Crippen LogP contribution in [-0.4, -0.2) is 53.8 Å². The Balaban J connectivity index is 2.16. The summed E-state index contributed by atoms with van der Waals surface area (Å²) >= 11 is 0. The monoisotopic (exact) mass is 258 g/mol. The van der Waals surface area contributed by atoms with Gasteiger partial charge in [-0.3, -0.25) is 4.79 Å². The van der Waals surface area contributed by atoms with Crippen molar-refractivity contribution in [3.8, 4) is 0 Å². The van der Waals surface area contributed by atoms with Crippen LogP contribution in [0.2, 0.25) is 0 Å². The fraction of sp³-hybridized carbons (Fsp3) is 0.833. The highest BCUT2D eigenvalue weighted by molar-refractivity contribution is 5.75. The SMILES string of the molecule is CC(C)OC1CC(NC(=O)N(C)CCC(=O)O)C1. The van der Waals surface area contributed by atoms with Crippen molar-refractivity contribution in [2.45, 2.75) is 51.4 Å². The lowest BCUT2D eigenvalue weighted by molar-refractivity contribution is -0.137. The molecule has 0 saturated heterocycles. The molecule has 1 saturated carbocycles. The maximum absolute atomic E-state index is 11.7. The minimum Gasteiger partial charge on any atom is -0.481 e. The van der Waals surface area contributed by atoms with Crippen molar-refractivity contribution in [1.29, 1.82) is 0 Å². The smallest absolute Gasteiger partial charge is 0.317 e. The topological polar surface area (TPSA) is 78.9 Å². The average Bonchev–Trinajstić information content (AvgIpc) is 2.21. The van der Waals surface area contributed by atoms with Crippen molar-refractivity contribution >= 4 is 12.0 Å². The van der Waals surface area contributed by atoms with Crippen molar-refractivity contribution in [3.63, 3.8) is 0 Å². The van der Waals surface area contributed by atoms with Crippen molar-refractivity contribution in [2.24, 2.45) is 0 Å². The zero-order chi connectivity index (χ0) is 13.7. The highest BCUT2D eigenvalue weighted by atomic mass is 16.5. The number of carboxylic acids is 1. The maximum atomic E-state index is 11.7. The van der Waals surface area contributed by atoms with Crippen molar-refractivity contribution in [2.75, 3.05) is 13.6 Å². The number of hydrogen-bond donors (Lipinski definition) is 2. The van der Waals surface area contributed by atoms with E-state index in [1.54, 1.807) is 7.05 Å². The second kappa shape index (κ2) is 6.58. The predicted octanol–water partition coefficient (Wildman–Crippen LogP) is 1.06. The van der Waals surface area contributed by atoms with Gasteiger partial charge in [-0.05, 0) is 26.7 Å². The number of aliphatic carboxylic acids is 1. The lowest BCUT2D eigenvalue weighted by atomic mass is 9.89. The zero-order valence-electron chi connectivity index (χ0n) is 11.2. The first-order valence-electron chi connectivity index (χ1n) is 6.27. The number of carboxylic acid groups (broad SMARTS) is 1. The predicted molar refractivity (Wildman–Crippen MR) is 66.4 cm³/mol. The molecule has 2 amide bonds. The van der Waals surface area contributed by atoms with Crippen molar-refractivity contribution in [3.05, 3.63) is 0 Å². The third-order valence-electron chi connectivity index (χ3n) is 2.89. The van der Waals surface area contributed by atoms with Crippen molar-refractivity contribution < 1.29 is 19.4 Å². The Morgan fingerprint density at radius 3 is 2.56 bits per heavy atom. The van der Waals surface area contributed by atoms with Crippen LogP contribution in [0.3, 0.4) is 0 Å². The van der Waals surface area contributed by atoms with Gasteiger partial charge in [0.2, 0.25) is 0 Å². The van der Waals surface area contributed by atoms with Gasteiger partial charge >= 0.3 is 12.0 Å². The van der Waals surface area contributed by atoms with Gasteiger partial charge in [-0.15, -0.1) is 0 Å². The molecule has 0 bridgehead atoms. The third kappa shape index (κ3) is 4.91. The number of ether oxygens (including phenoxy) is 1. The number of urea groups is 1. The fourth-order valence-electron chi connectivity index (χ4n) is 1.83. The average molecular weight is 258 g/mol. The molecule has 1 aliphatic rings. The largest absolute Gasteiger partial charge is 0.481 e. The van der Waals surface area contributed by atoms with Crippen LogP contribution < -0.4 is 5.32 Å². The van der Waals surface area contributed by atoms with Gasteiger partial charge in [-0.1, -0.05) is 0 Å². The number of nitrogens with zero attached hydrogens (tertiary/aromatic N) is 1. The highest BCUT2D eigenvalue weighted by Gasteiger charge is 2.32. The van der Waals surface area contributed by atoms with E-state index < -0.39 is 5.97 Å². The fourth-order valence-corrected chi connectivity index (χ4v) is 1.83. The molecule has 0 aromatic carbocycles. The molecule has 6 nitrogen and oxygen atoms in total. The maximum Gasteiger partial charge on any atom is 0.317 e. The summed E-state index contributed by atoms with van der Waals surface area (Å²) in [5, 5.41) is 11.4. The third-order valence-corrected chi connectivity index (χ3v) is 2.89. The molecule has 0 aromatic heterocycles. The Bertz CT molecular complexity index is 300. The lowest BCUT2D eigenvalue weighted by Crippen LogP contribution is -2.51. The van der Waals surface area contributed by atoms with Crippen LogP contribution in [0.5, 0.6) is 0 Å². The summed E-state index contributed by atoms with van der Waals surface area (Å²) in [7, 11) is 1.60. The van der Waals surface area contributed by atoms with Gasteiger partial charge in [-0.2, -0.15) is 0 Å². The molecular formula is C12H22N2O4. The van der Waals surface area contributed by atoms with E-state index in [2.05, 4.69) is 5.32 Å². The highest BCUT2D eigenvalue weighted by Crippen LogP contribution is 2.24. The van der Waals surface area contributed by atoms with Gasteiger partial charge in [0, 0.05) is 19.6 Å². The molecule has 2 N–H and O–H groups in total. The van der Waals surface area contributed by atoms with Crippen LogP contribution in [-0.2, 0) is 9.53 Å². The quantitative estimate of drug-likeness (QED) is 0.746. The number of amides is 2. The number of carbonyl (C=O) groups is 2. The molecule has 1 fully saturated rings. The van der Waals surface area contributed by atoms with Gasteiger partial charge in [0.1, 0.15) is 0 Å². The molecule has 104 valence electrons. The minimum absolute atomic E-state index is 0.0341. The van der Waals surface area contributed by atoms with Crippen LogP contribution in [0.15, 0.2) is 0 Å². The van der Waals surface area contributed by atoms with Gasteiger partial charge in [0.05, 0.1) is 18.6 Å². The Morgan fingerprint density at radius 2 is 2.06 bits per heavy atom.